The summed E-state index contributed by atoms with van der Waals surface area (Å²) in [6.07, 6.45) is 1.89. The van der Waals surface area contributed by atoms with Crippen LogP contribution in [0, 0.1) is 5.82 Å². The van der Waals surface area contributed by atoms with Gasteiger partial charge in [-0.15, -0.1) is 0 Å². The van der Waals surface area contributed by atoms with Crippen molar-refractivity contribution in [3.8, 4) is 5.75 Å². The van der Waals surface area contributed by atoms with Crippen molar-refractivity contribution < 1.29 is 18.7 Å². The van der Waals surface area contributed by atoms with Crippen molar-refractivity contribution in [2.24, 2.45) is 5.10 Å². The maximum absolute atomic E-state index is 13.4. The Labute approximate surface area is 151 Å². The summed E-state index contributed by atoms with van der Waals surface area (Å²) in [7, 11) is 0. The third kappa shape index (κ3) is 6.35. The van der Waals surface area contributed by atoms with Gasteiger partial charge in [-0.3, -0.25) is 9.59 Å². The van der Waals surface area contributed by atoms with Crippen LogP contribution in [-0.4, -0.2) is 24.6 Å². The molecule has 0 aromatic heterocycles. The first-order valence-corrected chi connectivity index (χ1v) is 8.17. The minimum Gasteiger partial charge on any atom is -0.494 e. The van der Waals surface area contributed by atoms with Gasteiger partial charge in [0, 0.05) is 0 Å². The van der Waals surface area contributed by atoms with Crippen molar-refractivity contribution in [3.63, 3.8) is 0 Å². The summed E-state index contributed by atoms with van der Waals surface area (Å²) < 4.78 is 18.9. The number of nitrogens with zero attached hydrogens (tertiary/aromatic N) is 1. The van der Waals surface area contributed by atoms with Crippen LogP contribution in [0.4, 0.5) is 10.1 Å². The highest BCUT2D eigenvalue weighted by molar-refractivity contribution is 6.03. The first-order valence-electron chi connectivity index (χ1n) is 8.17. The maximum atomic E-state index is 13.4. The van der Waals surface area contributed by atoms with Crippen LogP contribution < -0.4 is 15.5 Å². The van der Waals surface area contributed by atoms with Crippen LogP contribution in [-0.2, 0) is 9.59 Å². The molecule has 0 fully saturated rings. The number of ether oxygens (including phenoxy) is 1. The molecule has 0 aliphatic heterocycles. The highest BCUT2D eigenvalue weighted by Gasteiger charge is 2.10. The molecule has 0 aliphatic carbocycles. The number of hydrogen-bond acceptors (Lipinski definition) is 4. The minimum absolute atomic E-state index is 0.0256. The lowest BCUT2D eigenvalue weighted by Gasteiger charge is -2.05. The molecular formula is C19H20FN3O3. The van der Waals surface area contributed by atoms with Crippen LogP contribution in [0.15, 0.2) is 53.6 Å². The van der Waals surface area contributed by atoms with Gasteiger partial charge in [0.05, 0.1) is 18.5 Å². The Morgan fingerprint density at radius 1 is 1.15 bits per heavy atom. The first kappa shape index (κ1) is 19.1. The number of amides is 2. The third-order valence-electron chi connectivity index (χ3n) is 3.20. The zero-order chi connectivity index (χ0) is 18.8. The van der Waals surface area contributed by atoms with E-state index in [9.17, 15) is 14.0 Å². The van der Waals surface area contributed by atoms with E-state index in [1.54, 1.807) is 18.2 Å². The van der Waals surface area contributed by atoms with E-state index in [-0.39, 0.29) is 5.69 Å². The quantitative estimate of drug-likeness (QED) is 0.433. The molecule has 136 valence electrons. The van der Waals surface area contributed by atoms with Gasteiger partial charge in [0.2, 0.25) is 11.8 Å². The van der Waals surface area contributed by atoms with Gasteiger partial charge in [-0.05, 0) is 36.2 Å². The molecule has 7 heteroatoms. The number of benzene rings is 2. The van der Waals surface area contributed by atoms with Crippen molar-refractivity contribution in [1.29, 1.82) is 0 Å². The van der Waals surface area contributed by atoms with Gasteiger partial charge >= 0.3 is 0 Å². The van der Waals surface area contributed by atoms with Crippen molar-refractivity contribution in [1.82, 2.24) is 5.43 Å². The monoisotopic (exact) mass is 357 g/mol. The van der Waals surface area contributed by atoms with E-state index in [0.717, 1.165) is 12.0 Å². The standard InChI is InChI=1S/C19H20FN3O3/c1-2-10-26-15-7-5-6-14(11-15)13-21-23-19(25)12-18(24)22-17-9-4-3-8-16(17)20/h3-9,11,13H,2,10,12H2,1H3,(H,22,24)(H,23,25). The van der Waals surface area contributed by atoms with Gasteiger partial charge in [-0.1, -0.05) is 31.2 Å². The fourth-order valence-corrected chi connectivity index (χ4v) is 2.03. The number of hydrazone groups is 1. The van der Waals surface area contributed by atoms with E-state index in [1.807, 2.05) is 19.1 Å². The number of carbonyl (C=O) groups excluding carboxylic acids is 2. The van der Waals surface area contributed by atoms with Gasteiger partial charge < -0.3 is 10.1 Å². The molecule has 0 saturated heterocycles. The van der Waals surface area contributed by atoms with Crippen LogP contribution in [0.3, 0.4) is 0 Å². The molecule has 2 rings (SSSR count). The molecule has 0 spiro atoms. The van der Waals surface area contributed by atoms with E-state index in [4.69, 9.17) is 4.74 Å². The second kappa shape index (κ2) is 9.93. The third-order valence-corrected chi connectivity index (χ3v) is 3.20. The summed E-state index contributed by atoms with van der Waals surface area (Å²) in [5.41, 5.74) is 3.03. The van der Waals surface area contributed by atoms with Gasteiger partial charge in [0.25, 0.3) is 0 Å². The lowest BCUT2D eigenvalue weighted by Crippen LogP contribution is -2.24. The lowest BCUT2D eigenvalue weighted by atomic mass is 10.2. The molecule has 0 saturated carbocycles. The number of hydrogen-bond donors (Lipinski definition) is 2. The summed E-state index contributed by atoms with van der Waals surface area (Å²) in [6.45, 7) is 2.64. The second-order valence-electron chi connectivity index (χ2n) is 5.42. The van der Waals surface area contributed by atoms with Gasteiger partial charge in [-0.2, -0.15) is 5.10 Å². The molecule has 0 heterocycles. The molecule has 0 bridgehead atoms. The Morgan fingerprint density at radius 3 is 2.73 bits per heavy atom. The smallest absolute Gasteiger partial charge is 0.249 e. The molecule has 6 nitrogen and oxygen atoms in total. The highest BCUT2D eigenvalue weighted by atomic mass is 19.1. The van der Waals surface area contributed by atoms with Crippen molar-refractivity contribution >= 4 is 23.7 Å². The van der Waals surface area contributed by atoms with Gasteiger partial charge in [0.15, 0.2) is 0 Å². The van der Waals surface area contributed by atoms with Crippen LogP contribution in [0.5, 0.6) is 5.75 Å². The molecule has 2 aromatic carbocycles. The zero-order valence-corrected chi connectivity index (χ0v) is 14.4. The SMILES string of the molecule is CCCOc1cccc(C=NNC(=O)CC(=O)Nc2ccccc2F)c1. The fraction of sp³-hybridized carbons (Fsp3) is 0.211. The van der Waals surface area contributed by atoms with Crippen molar-refractivity contribution in [2.45, 2.75) is 19.8 Å². The normalized spacial score (nSPS) is 10.5. The van der Waals surface area contributed by atoms with Crippen LogP contribution >= 0.6 is 0 Å². The van der Waals surface area contributed by atoms with E-state index >= 15 is 0 Å². The van der Waals surface area contributed by atoms with Crippen LogP contribution in [0.1, 0.15) is 25.3 Å². The van der Waals surface area contributed by atoms with E-state index < -0.39 is 24.1 Å². The summed E-state index contributed by atoms with van der Waals surface area (Å²) in [4.78, 5) is 23.5. The minimum atomic E-state index is -0.627. The molecule has 0 radical (unpaired) electrons. The number of para-hydroxylation sites is 1. The number of halogens is 1. The largest absolute Gasteiger partial charge is 0.494 e. The first-order chi connectivity index (χ1) is 12.6. The Bertz CT molecular complexity index is 793. The molecule has 2 N–H and O–H groups in total. The van der Waals surface area contributed by atoms with Gasteiger partial charge in [0.1, 0.15) is 18.0 Å². The molecule has 2 amide bonds. The Morgan fingerprint density at radius 2 is 1.96 bits per heavy atom. The zero-order valence-electron chi connectivity index (χ0n) is 14.4. The highest BCUT2D eigenvalue weighted by Crippen LogP contribution is 2.13. The second-order valence-corrected chi connectivity index (χ2v) is 5.42. The van der Waals surface area contributed by atoms with E-state index in [0.29, 0.717) is 12.4 Å². The maximum Gasteiger partial charge on any atom is 0.249 e. The lowest BCUT2D eigenvalue weighted by molar-refractivity contribution is -0.126. The summed E-state index contributed by atoms with van der Waals surface area (Å²) in [5.74, 6) is -1.08. The fourth-order valence-electron chi connectivity index (χ4n) is 2.03. The molecule has 0 atom stereocenters. The Kier molecular flexibility index (Phi) is 7.30. The van der Waals surface area contributed by atoms with Crippen molar-refractivity contribution in [2.75, 3.05) is 11.9 Å². The molecule has 0 unspecified atom stereocenters. The summed E-state index contributed by atoms with van der Waals surface area (Å²) >= 11 is 0. The Hall–Kier alpha value is -3.22. The Balaban J connectivity index is 1.81. The van der Waals surface area contributed by atoms with Gasteiger partial charge in [-0.25, -0.2) is 9.82 Å². The average Bonchev–Trinajstić information content (AvgIpc) is 2.62. The topological polar surface area (TPSA) is 79.8 Å². The summed E-state index contributed by atoms with van der Waals surface area (Å²) in [6, 6.07) is 13.0. The van der Waals surface area contributed by atoms with Crippen LogP contribution in [0.25, 0.3) is 0 Å². The molecule has 26 heavy (non-hydrogen) atoms. The average molecular weight is 357 g/mol. The number of carbonyl (C=O) groups is 2. The van der Waals surface area contributed by atoms with Crippen molar-refractivity contribution in [3.05, 3.63) is 59.9 Å². The summed E-state index contributed by atoms with van der Waals surface area (Å²) in [5, 5.41) is 6.14. The molecule has 0 aliphatic rings. The predicted octanol–water partition coefficient (Wildman–Crippen LogP) is 3.09. The molecule has 2 aromatic rings. The van der Waals surface area contributed by atoms with E-state index in [1.165, 1.54) is 24.4 Å². The number of rotatable bonds is 8. The number of nitrogens with one attached hydrogen (secondary N) is 2. The molecular weight excluding hydrogens is 337 g/mol. The number of anilines is 1. The van der Waals surface area contributed by atoms with E-state index in [2.05, 4.69) is 15.8 Å². The van der Waals surface area contributed by atoms with Crippen LogP contribution in [0.2, 0.25) is 0 Å². The predicted molar refractivity (Wildman–Crippen MR) is 97.6 cm³/mol.